The monoisotopic (exact) mass is 307 g/mol. The number of nitrogens with one attached hydrogen (secondary N) is 1. The van der Waals surface area contributed by atoms with Gasteiger partial charge in [0.2, 0.25) is 0 Å². The highest BCUT2D eigenvalue weighted by Crippen LogP contribution is 2.11. The molecule has 0 unspecified atom stereocenters. The standard InChI is InChI=1S/C16H25N3O3/c1-3-22-15(20)5-4-11-18-16(17)19-12-10-13-6-8-14(21-2)9-7-13/h6-9H,3-5,10-12H2,1-2H3,(H3,17,18,19). The number of aliphatic imine (C=N–C) groups is 1. The Balaban J connectivity index is 2.17. The molecule has 22 heavy (non-hydrogen) atoms. The van der Waals surface area contributed by atoms with Crippen molar-refractivity contribution in [3.63, 3.8) is 0 Å². The van der Waals surface area contributed by atoms with Crippen molar-refractivity contribution in [3.05, 3.63) is 29.8 Å². The summed E-state index contributed by atoms with van der Waals surface area (Å²) in [4.78, 5) is 15.3. The molecule has 0 atom stereocenters. The van der Waals surface area contributed by atoms with Crippen molar-refractivity contribution < 1.29 is 14.3 Å². The summed E-state index contributed by atoms with van der Waals surface area (Å²) in [7, 11) is 1.65. The summed E-state index contributed by atoms with van der Waals surface area (Å²) in [6.07, 6.45) is 1.86. The third-order valence-electron chi connectivity index (χ3n) is 3.01. The summed E-state index contributed by atoms with van der Waals surface area (Å²) in [5, 5.41) is 3.05. The van der Waals surface area contributed by atoms with E-state index in [4.69, 9.17) is 15.2 Å². The SMILES string of the molecule is CCOC(=O)CCCN=C(N)NCCc1ccc(OC)cc1. The van der Waals surface area contributed by atoms with Crippen LogP contribution in [0.1, 0.15) is 25.3 Å². The number of carbonyl (C=O) groups excluding carboxylic acids is 1. The number of esters is 1. The van der Waals surface area contributed by atoms with Crippen LogP contribution in [0.4, 0.5) is 0 Å². The Kier molecular flexibility index (Phi) is 8.49. The van der Waals surface area contributed by atoms with Gasteiger partial charge in [-0.15, -0.1) is 0 Å². The van der Waals surface area contributed by atoms with E-state index in [1.54, 1.807) is 14.0 Å². The number of benzene rings is 1. The van der Waals surface area contributed by atoms with Crippen molar-refractivity contribution in [1.29, 1.82) is 0 Å². The molecule has 1 rings (SSSR count). The first kappa shape index (κ1) is 17.8. The van der Waals surface area contributed by atoms with Crippen LogP contribution in [0.15, 0.2) is 29.3 Å². The predicted octanol–water partition coefficient (Wildman–Crippen LogP) is 1.49. The molecular weight excluding hydrogens is 282 g/mol. The van der Waals surface area contributed by atoms with Crippen molar-refractivity contribution in [2.24, 2.45) is 10.7 Å². The number of hydrogen-bond donors (Lipinski definition) is 2. The molecule has 1 aromatic carbocycles. The van der Waals surface area contributed by atoms with Crippen LogP contribution in [0.5, 0.6) is 5.75 Å². The van der Waals surface area contributed by atoms with Gasteiger partial charge in [-0.25, -0.2) is 0 Å². The van der Waals surface area contributed by atoms with Gasteiger partial charge in [-0.2, -0.15) is 0 Å². The molecule has 0 saturated heterocycles. The number of methoxy groups -OCH3 is 1. The maximum atomic E-state index is 11.1. The molecule has 0 aliphatic rings. The fourth-order valence-electron chi connectivity index (χ4n) is 1.84. The summed E-state index contributed by atoms with van der Waals surface area (Å²) in [6, 6.07) is 7.91. The Labute approximate surface area is 131 Å². The Morgan fingerprint density at radius 1 is 1.32 bits per heavy atom. The van der Waals surface area contributed by atoms with E-state index in [2.05, 4.69) is 10.3 Å². The van der Waals surface area contributed by atoms with Gasteiger partial charge >= 0.3 is 5.97 Å². The Morgan fingerprint density at radius 2 is 2.05 bits per heavy atom. The second-order valence-electron chi connectivity index (χ2n) is 4.70. The molecule has 0 amide bonds. The lowest BCUT2D eigenvalue weighted by atomic mass is 10.1. The van der Waals surface area contributed by atoms with Gasteiger partial charge in [0.05, 0.1) is 13.7 Å². The van der Waals surface area contributed by atoms with E-state index < -0.39 is 0 Å². The number of rotatable bonds is 9. The molecule has 0 aliphatic carbocycles. The van der Waals surface area contributed by atoms with E-state index in [9.17, 15) is 4.79 Å². The van der Waals surface area contributed by atoms with Gasteiger partial charge < -0.3 is 20.5 Å². The minimum absolute atomic E-state index is 0.191. The number of nitrogens with two attached hydrogens (primary N) is 1. The van der Waals surface area contributed by atoms with Crippen molar-refractivity contribution in [3.8, 4) is 5.75 Å². The average Bonchev–Trinajstić information content (AvgIpc) is 2.52. The van der Waals surface area contributed by atoms with Crippen LogP contribution in [0.25, 0.3) is 0 Å². The first-order chi connectivity index (χ1) is 10.7. The lowest BCUT2D eigenvalue weighted by Gasteiger charge is -2.06. The zero-order valence-corrected chi connectivity index (χ0v) is 13.3. The fraction of sp³-hybridized carbons (Fsp3) is 0.500. The fourth-order valence-corrected chi connectivity index (χ4v) is 1.84. The Morgan fingerprint density at radius 3 is 2.68 bits per heavy atom. The van der Waals surface area contributed by atoms with Crippen LogP contribution < -0.4 is 15.8 Å². The zero-order chi connectivity index (χ0) is 16.2. The summed E-state index contributed by atoms with van der Waals surface area (Å²) < 4.78 is 9.95. The van der Waals surface area contributed by atoms with Crippen molar-refractivity contribution >= 4 is 11.9 Å². The second kappa shape index (κ2) is 10.5. The molecule has 0 radical (unpaired) electrons. The van der Waals surface area contributed by atoms with Crippen LogP contribution in [0, 0.1) is 0 Å². The van der Waals surface area contributed by atoms with Crippen molar-refractivity contribution in [1.82, 2.24) is 5.32 Å². The Bertz CT molecular complexity index is 472. The van der Waals surface area contributed by atoms with E-state index in [-0.39, 0.29) is 5.97 Å². The normalized spacial score (nSPS) is 11.1. The number of ether oxygens (including phenoxy) is 2. The predicted molar refractivity (Wildman–Crippen MR) is 87.1 cm³/mol. The average molecular weight is 307 g/mol. The van der Waals surface area contributed by atoms with Crippen LogP contribution in [0.3, 0.4) is 0 Å². The smallest absolute Gasteiger partial charge is 0.305 e. The van der Waals surface area contributed by atoms with Gasteiger partial charge in [-0.1, -0.05) is 12.1 Å². The third-order valence-corrected chi connectivity index (χ3v) is 3.01. The van der Waals surface area contributed by atoms with Gasteiger partial charge in [0.25, 0.3) is 0 Å². The van der Waals surface area contributed by atoms with Crippen LogP contribution in [-0.4, -0.2) is 38.7 Å². The van der Waals surface area contributed by atoms with Crippen LogP contribution in [-0.2, 0) is 16.0 Å². The summed E-state index contributed by atoms with van der Waals surface area (Å²) in [5.74, 6) is 1.06. The first-order valence-corrected chi connectivity index (χ1v) is 7.48. The molecule has 0 bridgehead atoms. The van der Waals surface area contributed by atoms with E-state index >= 15 is 0 Å². The lowest BCUT2D eigenvalue weighted by Crippen LogP contribution is -2.33. The molecule has 0 aliphatic heterocycles. The highest BCUT2D eigenvalue weighted by Gasteiger charge is 2.00. The number of guanidine groups is 1. The third kappa shape index (κ3) is 7.52. The van der Waals surface area contributed by atoms with Gasteiger partial charge in [-0.3, -0.25) is 9.79 Å². The maximum Gasteiger partial charge on any atom is 0.305 e. The van der Waals surface area contributed by atoms with Crippen molar-refractivity contribution in [2.45, 2.75) is 26.2 Å². The van der Waals surface area contributed by atoms with Crippen molar-refractivity contribution in [2.75, 3.05) is 26.8 Å². The maximum absolute atomic E-state index is 11.1. The second-order valence-corrected chi connectivity index (χ2v) is 4.70. The molecular formula is C16H25N3O3. The molecule has 1 aromatic rings. The highest BCUT2D eigenvalue weighted by atomic mass is 16.5. The Hall–Kier alpha value is -2.24. The van der Waals surface area contributed by atoms with Gasteiger partial charge in [0, 0.05) is 19.5 Å². The zero-order valence-electron chi connectivity index (χ0n) is 13.3. The summed E-state index contributed by atoms with van der Waals surface area (Å²) in [5.41, 5.74) is 6.96. The minimum Gasteiger partial charge on any atom is -0.497 e. The van der Waals surface area contributed by atoms with E-state index in [0.717, 1.165) is 12.2 Å². The molecule has 0 aromatic heterocycles. The molecule has 122 valence electrons. The number of nitrogens with zero attached hydrogens (tertiary/aromatic N) is 1. The van der Waals surface area contributed by atoms with Crippen LogP contribution in [0.2, 0.25) is 0 Å². The number of carbonyl (C=O) groups is 1. The molecule has 3 N–H and O–H groups in total. The van der Waals surface area contributed by atoms with Gasteiger partial charge in [-0.05, 0) is 37.5 Å². The molecule has 0 heterocycles. The largest absolute Gasteiger partial charge is 0.497 e. The first-order valence-electron chi connectivity index (χ1n) is 7.48. The summed E-state index contributed by atoms with van der Waals surface area (Å²) >= 11 is 0. The number of hydrogen-bond acceptors (Lipinski definition) is 4. The topological polar surface area (TPSA) is 85.9 Å². The van der Waals surface area contributed by atoms with Gasteiger partial charge in [0.1, 0.15) is 5.75 Å². The molecule has 0 spiro atoms. The minimum atomic E-state index is -0.191. The lowest BCUT2D eigenvalue weighted by molar-refractivity contribution is -0.143. The molecule has 6 heteroatoms. The molecule has 6 nitrogen and oxygen atoms in total. The molecule has 0 saturated carbocycles. The summed E-state index contributed by atoms with van der Waals surface area (Å²) in [6.45, 7) is 3.43. The van der Waals surface area contributed by atoms with E-state index in [1.807, 2.05) is 24.3 Å². The van der Waals surface area contributed by atoms with E-state index in [0.29, 0.717) is 38.5 Å². The quantitative estimate of drug-likeness (QED) is 0.312. The van der Waals surface area contributed by atoms with E-state index in [1.165, 1.54) is 5.56 Å². The van der Waals surface area contributed by atoms with Crippen LogP contribution >= 0.6 is 0 Å². The molecule has 0 fully saturated rings. The highest BCUT2D eigenvalue weighted by molar-refractivity contribution is 5.77. The van der Waals surface area contributed by atoms with Gasteiger partial charge in [0.15, 0.2) is 5.96 Å².